The molecule has 0 fully saturated rings. The fraction of sp³-hybridized carbons (Fsp3) is 0.857. The number of rotatable bonds is 3. The lowest BCUT2D eigenvalue weighted by molar-refractivity contribution is -0.192. The molecule has 78 valence electrons. The highest BCUT2D eigenvalue weighted by molar-refractivity contribution is 5.81. The molecule has 0 N–H and O–H groups in total. The van der Waals surface area contributed by atoms with Gasteiger partial charge in [0.1, 0.15) is 0 Å². The standard InChI is InChI=1S/C7H11F4NO/c1-3-12(4-2)6(13)5(8)7(9,10)11/h5H,3-4H2,1-2H3. The Morgan fingerprint density at radius 2 is 1.69 bits per heavy atom. The van der Waals surface area contributed by atoms with Crippen LogP contribution >= 0.6 is 0 Å². The maximum atomic E-state index is 12.4. The average molecular weight is 201 g/mol. The van der Waals surface area contributed by atoms with Crippen molar-refractivity contribution >= 4 is 5.91 Å². The molecule has 0 saturated heterocycles. The molecule has 0 aromatic rings. The lowest BCUT2D eigenvalue weighted by Crippen LogP contribution is -2.43. The summed E-state index contributed by atoms with van der Waals surface area (Å²) in [5.74, 6) is -1.52. The van der Waals surface area contributed by atoms with Crippen molar-refractivity contribution in [2.45, 2.75) is 26.2 Å². The molecule has 2 nitrogen and oxygen atoms in total. The van der Waals surface area contributed by atoms with Crippen molar-refractivity contribution in [3.05, 3.63) is 0 Å². The van der Waals surface area contributed by atoms with Gasteiger partial charge in [0.15, 0.2) is 0 Å². The lowest BCUT2D eigenvalue weighted by Gasteiger charge is -2.21. The van der Waals surface area contributed by atoms with E-state index < -0.39 is 18.3 Å². The minimum Gasteiger partial charge on any atom is -0.340 e. The molecule has 0 aliphatic heterocycles. The minimum atomic E-state index is -5.10. The fourth-order valence-corrected chi connectivity index (χ4v) is 0.836. The first-order valence-electron chi connectivity index (χ1n) is 3.84. The van der Waals surface area contributed by atoms with Gasteiger partial charge in [-0.3, -0.25) is 4.79 Å². The third-order valence-electron chi connectivity index (χ3n) is 1.58. The fourth-order valence-electron chi connectivity index (χ4n) is 0.836. The monoisotopic (exact) mass is 201 g/mol. The summed E-state index contributed by atoms with van der Waals surface area (Å²) in [6.07, 6.45) is -8.49. The molecule has 0 rings (SSSR count). The van der Waals surface area contributed by atoms with Crippen LogP contribution in [-0.2, 0) is 4.79 Å². The first-order valence-corrected chi connectivity index (χ1v) is 3.84. The van der Waals surface area contributed by atoms with Crippen LogP contribution in [-0.4, -0.2) is 36.2 Å². The summed E-state index contributed by atoms with van der Waals surface area (Å²) < 4.78 is 47.5. The predicted octanol–water partition coefficient (Wildman–Crippen LogP) is 1.76. The smallest absolute Gasteiger partial charge is 0.340 e. The minimum absolute atomic E-state index is 0.0752. The van der Waals surface area contributed by atoms with Gasteiger partial charge in [-0.15, -0.1) is 0 Å². The Hall–Kier alpha value is -0.810. The SMILES string of the molecule is CCN(CC)C(=O)C(F)C(F)(F)F. The molecule has 0 spiro atoms. The number of hydrogen-bond donors (Lipinski definition) is 0. The van der Waals surface area contributed by atoms with Gasteiger partial charge in [0.25, 0.3) is 12.1 Å². The predicted molar refractivity (Wildman–Crippen MR) is 38.9 cm³/mol. The second-order valence-corrected chi connectivity index (χ2v) is 2.41. The van der Waals surface area contributed by atoms with Crippen molar-refractivity contribution in [1.29, 1.82) is 0 Å². The molecule has 0 aliphatic rings. The van der Waals surface area contributed by atoms with Crippen LogP contribution in [0.5, 0.6) is 0 Å². The second kappa shape index (κ2) is 4.43. The van der Waals surface area contributed by atoms with Gasteiger partial charge in [-0.05, 0) is 13.8 Å². The van der Waals surface area contributed by atoms with Gasteiger partial charge in [-0.1, -0.05) is 0 Å². The first-order chi connectivity index (χ1) is 5.84. The van der Waals surface area contributed by atoms with Gasteiger partial charge in [0, 0.05) is 13.1 Å². The summed E-state index contributed by atoms with van der Waals surface area (Å²) in [7, 11) is 0. The molecule has 0 aromatic carbocycles. The highest BCUT2D eigenvalue weighted by atomic mass is 19.4. The largest absolute Gasteiger partial charge is 0.428 e. The Kier molecular flexibility index (Phi) is 4.16. The van der Waals surface area contributed by atoms with E-state index in [-0.39, 0.29) is 13.1 Å². The van der Waals surface area contributed by atoms with E-state index >= 15 is 0 Å². The van der Waals surface area contributed by atoms with Gasteiger partial charge in [0.05, 0.1) is 0 Å². The van der Waals surface area contributed by atoms with Gasteiger partial charge in [0.2, 0.25) is 0 Å². The Balaban J connectivity index is 4.41. The van der Waals surface area contributed by atoms with E-state index in [0.717, 1.165) is 4.90 Å². The van der Waals surface area contributed by atoms with Crippen LogP contribution in [0.2, 0.25) is 0 Å². The van der Waals surface area contributed by atoms with Crippen molar-refractivity contribution in [3.8, 4) is 0 Å². The van der Waals surface area contributed by atoms with E-state index in [4.69, 9.17) is 0 Å². The molecule has 0 heterocycles. The topological polar surface area (TPSA) is 20.3 Å². The van der Waals surface area contributed by atoms with Crippen LogP contribution < -0.4 is 0 Å². The van der Waals surface area contributed by atoms with E-state index in [2.05, 4.69) is 0 Å². The van der Waals surface area contributed by atoms with Crippen molar-refractivity contribution in [3.63, 3.8) is 0 Å². The number of amides is 1. The molecular formula is C7H11F4NO. The molecule has 0 aliphatic carbocycles. The van der Waals surface area contributed by atoms with Crippen LogP contribution in [0.15, 0.2) is 0 Å². The van der Waals surface area contributed by atoms with Crippen LogP contribution in [0.25, 0.3) is 0 Å². The van der Waals surface area contributed by atoms with Crippen molar-refractivity contribution in [2.24, 2.45) is 0 Å². The van der Waals surface area contributed by atoms with Gasteiger partial charge >= 0.3 is 6.18 Å². The summed E-state index contributed by atoms with van der Waals surface area (Å²) in [6, 6.07) is 0. The maximum Gasteiger partial charge on any atom is 0.428 e. The number of hydrogen-bond acceptors (Lipinski definition) is 1. The average Bonchev–Trinajstić information content (AvgIpc) is 2.03. The normalized spacial score (nSPS) is 14.0. The lowest BCUT2D eigenvalue weighted by atomic mass is 10.3. The van der Waals surface area contributed by atoms with Crippen molar-refractivity contribution < 1.29 is 22.4 Å². The molecular weight excluding hydrogens is 190 g/mol. The van der Waals surface area contributed by atoms with Crippen LogP contribution in [0, 0.1) is 0 Å². The summed E-state index contributed by atoms with van der Waals surface area (Å²) in [6.45, 7) is 3.13. The highest BCUT2D eigenvalue weighted by Gasteiger charge is 2.46. The summed E-state index contributed by atoms with van der Waals surface area (Å²) in [4.78, 5) is 11.6. The van der Waals surface area contributed by atoms with Crippen LogP contribution in [0.3, 0.4) is 0 Å². The van der Waals surface area contributed by atoms with E-state index in [1.54, 1.807) is 0 Å². The summed E-state index contributed by atoms with van der Waals surface area (Å²) in [5.41, 5.74) is 0. The maximum absolute atomic E-state index is 12.4. The van der Waals surface area contributed by atoms with Crippen molar-refractivity contribution in [2.75, 3.05) is 13.1 Å². The first kappa shape index (κ1) is 12.2. The third kappa shape index (κ3) is 3.20. The third-order valence-corrected chi connectivity index (χ3v) is 1.58. The van der Waals surface area contributed by atoms with Gasteiger partial charge in [-0.2, -0.15) is 13.2 Å². The second-order valence-electron chi connectivity index (χ2n) is 2.41. The Morgan fingerprint density at radius 1 is 1.31 bits per heavy atom. The van der Waals surface area contributed by atoms with Gasteiger partial charge in [-0.25, -0.2) is 4.39 Å². The molecule has 1 amide bonds. The number of nitrogens with zero attached hydrogens (tertiary/aromatic N) is 1. The Morgan fingerprint density at radius 3 is 1.92 bits per heavy atom. The molecule has 0 radical (unpaired) electrons. The Labute approximate surface area is 73.5 Å². The summed E-state index contributed by atoms with van der Waals surface area (Å²) >= 11 is 0. The zero-order chi connectivity index (χ0) is 10.6. The zero-order valence-electron chi connectivity index (χ0n) is 7.36. The molecule has 0 aromatic heterocycles. The van der Waals surface area contributed by atoms with Crippen LogP contribution in [0.1, 0.15) is 13.8 Å². The van der Waals surface area contributed by atoms with E-state index in [1.165, 1.54) is 13.8 Å². The number of alkyl halides is 4. The van der Waals surface area contributed by atoms with E-state index in [0.29, 0.717) is 0 Å². The molecule has 0 saturated carbocycles. The number of halogens is 4. The molecule has 13 heavy (non-hydrogen) atoms. The zero-order valence-corrected chi connectivity index (χ0v) is 7.36. The van der Waals surface area contributed by atoms with Crippen LogP contribution in [0.4, 0.5) is 17.6 Å². The van der Waals surface area contributed by atoms with E-state index in [9.17, 15) is 22.4 Å². The van der Waals surface area contributed by atoms with E-state index in [1.807, 2.05) is 0 Å². The summed E-state index contributed by atoms with van der Waals surface area (Å²) in [5, 5.41) is 0. The van der Waals surface area contributed by atoms with Crippen molar-refractivity contribution in [1.82, 2.24) is 4.90 Å². The molecule has 6 heteroatoms. The number of carbonyl (C=O) groups excluding carboxylic acids is 1. The number of carbonyl (C=O) groups is 1. The molecule has 1 unspecified atom stereocenters. The van der Waals surface area contributed by atoms with Gasteiger partial charge < -0.3 is 4.90 Å². The Bertz CT molecular complexity index is 176. The highest BCUT2D eigenvalue weighted by Crippen LogP contribution is 2.24. The molecule has 0 bridgehead atoms. The quantitative estimate of drug-likeness (QED) is 0.637. The molecule has 1 atom stereocenters.